The Hall–Kier alpha value is -2.99. The first-order valence-electron chi connectivity index (χ1n) is 8.55. The quantitative estimate of drug-likeness (QED) is 0.538. The number of aromatic nitrogens is 4. The van der Waals surface area contributed by atoms with Gasteiger partial charge in [0, 0.05) is 49.0 Å². The van der Waals surface area contributed by atoms with E-state index in [1.165, 1.54) is 17.1 Å². The average molecular weight is 361 g/mol. The molecule has 0 aliphatic carbocycles. The highest BCUT2D eigenvalue weighted by Crippen LogP contribution is 2.20. The molecular weight excluding hydrogens is 342 g/mol. The summed E-state index contributed by atoms with van der Waals surface area (Å²) in [4.78, 5) is 9.05. The Morgan fingerprint density at radius 3 is 2.54 bits per heavy atom. The second kappa shape index (κ2) is 7.93. The van der Waals surface area contributed by atoms with Gasteiger partial charge in [0.25, 0.3) is 0 Å². The maximum absolute atomic E-state index is 4.56. The van der Waals surface area contributed by atoms with Gasteiger partial charge in [-0.05, 0) is 5.56 Å². The van der Waals surface area contributed by atoms with Crippen LogP contribution in [-0.2, 0) is 13.0 Å². The van der Waals surface area contributed by atoms with Crippen molar-refractivity contribution in [1.82, 2.24) is 18.9 Å². The molecule has 2 aromatic heterocycles. The van der Waals surface area contributed by atoms with Crippen molar-refractivity contribution >= 4 is 16.7 Å². The molecule has 0 radical (unpaired) electrons. The summed E-state index contributed by atoms with van der Waals surface area (Å²) in [6.45, 7) is 1.61. The van der Waals surface area contributed by atoms with Crippen LogP contribution in [0.25, 0.3) is 11.4 Å². The Balaban J connectivity index is 1.34. The molecule has 4 aromatic rings. The lowest BCUT2D eigenvalue weighted by atomic mass is 10.2. The molecule has 2 heterocycles. The van der Waals surface area contributed by atoms with Crippen LogP contribution in [0.2, 0.25) is 0 Å². The number of nitrogens with one attached hydrogen (secondary N) is 1. The molecule has 0 amide bonds. The minimum atomic E-state index is 0.767. The van der Waals surface area contributed by atoms with Crippen molar-refractivity contribution in [2.45, 2.75) is 13.0 Å². The van der Waals surface area contributed by atoms with Gasteiger partial charge in [-0.15, -0.1) is 0 Å². The molecule has 5 nitrogen and oxygen atoms in total. The summed E-state index contributed by atoms with van der Waals surface area (Å²) in [7, 11) is 0. The number of benzene rings is 2. The molecule has 2 aromatic carbocycles. The number of nitrogens with zero attached hydrogens (tertiary/aromatic N) is 4. The van der Waals surface area contributed by atoms with Crippen molar-refractivity contribution in [2.24, 2.45) is 0 Å². The van der Waals surface area contributed by atoms with E-state index in [-0.39, 0.29) is 0 Å². The molecule has 0 atom stereocenters. The highest BCUT2D eigenvalue weighted by atomic mass is 32.1. The summed E-state index contributed by atoms with van der Waals surface area (Å²) >= 11 is 1.39. The number of hydrogen-bond donors (Lipinski definition) is 1. The first kappa shape index (κ1) is 16.5. The molecule has 0 aliphatic heterocycles. The van der Waals surface area contributed by atoms with Gasteiger partial charge in [0.2, 0.25) is 5.13 Å². The molecular formula is C20H19N5S. The molecule has 0 aliphatic rings. The molecule has 0 unspecified atom stereocenters. The van der Waals surface area contributed by atoms with Gasteiger partial charge in [-0.3, -0.25) is 0 Å². The zero-order chi connectivity index (χ0) is 17.6. The third kappa shape index (κ3) is 3.97. The first-order valence-corrected chi connectivity index (χ1v) is 9.33. The maximum Gasteiger partial charge on any atom is 0.202 e. The third-order valence-electron chi connectivity index (χ3n) is 4.08. The van der Waals surface area contributed by atoms with Crippen molar-refractivity contribution in [1.29, 1.82) is 0 Å². The molecule has 0 fully saturated rings. The van der Waals surface area contributed by atoms with Crippen LogP contribution in [0.1, 0.15) is 11.4 Å². The van der Waals surface area contributed by atoms with Crippen LogP contribution in [0.5, 0.6) is 0 Å². The number of imidazole rings is 1. The van der Waals surface area contributed by atoms with E-state index < -0.39 is 0 Å². The highest BCUT2D eigenvalue weighted by molar-refractivity contribution is 7.09. The standard InChI is InChI=1S/C20H19N5S/c1-3-7-16(8-4-1)15-25-14-13-21-18(25)11-12-22-20-23-19(24-26-20)17-9-5-2-6-10-17/h1-10,13-14H,11-12,15H2,(H,22,23,24). The summed E-state index contributed by atoms with van der Waals surface area (Å²) in [6, 6.07) is 20.5. The van der Waals surface area contributed by atoms with Crippen molar-refractivity contribution < 1.29 is 0 Å². The highest BCUT2D eigenvalue weighted by Gasteiger charge is 2.07. The fourth-order valence-corrected chi connectivity index (χ4v) is 3.39. The van der Waals surface area contributed by atoms with Crippen molar-refractivity contribution in [3.8, 4) is 11.4 Å². The Bertz CT molecular complexity index is 947. The molecule has 0 saturated heterocycles. The zero-order valence-electron chi connectivity index (χ0n) is 14.2. The first-order chi connectivity index (χ1) is 12.9. The lowest BCUT2D eigenvalue weighted by Gasteiger charge is -2.08. The lowest BCUT2D eigenvalue weighted by molar-refractivity contribution is 0.723. The summed E-state index contributed by atoms with van der Waals surface area (Å²) < 4.78 is 6.61. The van der Waals surface area contributed by atoms with E-state index in [4.69, 9.17) is 0 Å². The summed E-state index contributed by atoms with van der Waals surface area (Å²) in [5, 5.41) is 4.19. The molecule has 0 bridgehead atoms. The lowest BCUT2D eigenvalue weighted by Crippen LogP contribution is -2.10. The predicted molar refractivity (Wildman–Crippen MR) is 105 cm³/mol. The normalized spacial score (nSPS) is 10.8. The Morgan fingerprint density at radius 1 is 0.962 bits per heavy atom. The maximum atomic E-state index is 4.56. The van der Waals surface area contributed by atoms with Gasteiger partial charge in [0.1, 0.15) is 5.82 Å². The molecule has 1 N–H and O–H groups in total. The smallest absolute Gasteiger partial charge is 0.202 e. The van der Waals surface area contributed by atoms with Gasteiger partial charge in [0.15, 0.2) is 5.82 Å². The van der Waals surface area contributed by atoms with E-state index in [0.29, 0.717) is 0 Å². The molecule has 6 heteroatoms. The Morgan fingerprint density at radius 2 is 1.73 bits per heavy atom. The Labute approximate surface area is 156 Å². The van der Waals surface area contributed by atoms with Gasteiger partial charge in [-0.25, -0.2) is 4.98 Å². The van der Waals surface area contributed by atoms with E-state index in [9.17, 15) is 0 Å². The van der Waals surface area contributed by atoms with Crippen LogP contribution in [0.3, 0.4) is 0 Å². The van der Waals surface area contributed by atoms with Crippen LogP contribution < -0.4 is 5.32 Å². The molecule has 0 spiro atoms. The SMILES string of the molecule is c1ccc(Cn2ccnc2CCNc2nc(-c3ccccc3)ns2)cc1. The van der Waals surface area contributed by atoms with E-state index in [1.54, 1.807) is 0 Å². The minimum Gasteiger partial charge on any atom is -0.360 e. The fraction of sp³-hybridized carbons (Fsp3) is 0.150. The van der Waals surface area contributed by atoms with Gasteiger partial charge < -0.3 is 9.88 Å². The van der Waals surface area contributed by atoms with Gasteiger partial charge in [-0.1, -0.05) is 60.7 Å². The van der Waals surface area contributed by atoms with Crippen LogP contribution in [0.15, 0.2) is 73.1 Å². The monoisotopic (exact) mass is 361 g/mol. The van der Waals surface area contributed by atoms with Crippen molar-refractivity contribution in [2.75, 3.05) is 11.9 Å². The summed E-state index contributed by atoms with van der Waals surface area (Å²) in [5.41, 5.74) is 2.31. The second-order valence-electron chi connectivity index (χ2n) is 5.92. The zero-order valence-corrected chi connectivity index (χ0v) is 15.1. The predicted octanol–water partition coefficient (Wildman–Crippen LogP) is 4.10. The number of anilines is 1. The Kier molecular flexibility index (Phi) is 5.02. The van der Waals surface area contributed by atoms with E-state index in [0.717, 1.165) is 41.9 Å². The number of hydrogen-bond acceptors (Lipinski definition) is 5. The van der Waals surface area contributed by atoms with E-state index >= 15 is 0 Å². The molecule has 130 valence electrons. The van der Waals surface area contributed by atoms with Crippen LogP contribution in [0.4, 0.5) is 5.13 Å². The van der Waals surface area contributed by atoms with Crippen molar-refractivity contribution in [3.63, 3.8) is 0 Å². The molecule has 0 saturated carbocycles. The minimum absolute atomic E-state index is 0.767. The van der Waals surface area contributed by atoms with Gasteiger partial charge >= 0.3 is 0 Å². The van der Waals surface area contributed by atoms with Gasteiger partial charge in [-0.2, -0.15) is 9.36 Å². The largest absolute Gasteiger partial charge is 0.360 e. The second-order valence-corrected chi connectivity index (χ2v) is 6.67. The molecule has 4 rings (SSSR count). The number of rotatable bonds is 7. The van der Waals surface area contributed by atoms with Crippen molar-refractivity contribution in [3.05, 3.63) is 84.4 Å². The summed E-state index contributed by atoms with van der Waals surface area (Å²) in [6.07, 6.45) is 4.72. The fourth-order valence-electron chi connectivity index (χ4n) is 2.77. The van der Waals surface area contributed by atoms with Crippen LogP contribution in [-0.4, -0.2) is 25.5 Å². The third-order valence-corrected chi connectivity index (χ3v) is 4.75. The van der Waals surface area contributed by atoms with Crippen LogP contribution >= 0.6 is 11.5 Å². The summed E-state index contributed by atoms with van der Waals surface area (Å²) in [5.74, 6) is 1.83. The van der Waals surface area contributed by atoms with Gasteiger partial charge in [0.05, 0.1) is 0 Å². The average Bonchev–Trinajstić information content (AvgIpc) is 3.33. The van der Waals surface area contributed by atoms with Crippen LogP contribution in [0, 0.1) is 0 Å². The van der Waals surface area contributed by atoms with E-state index in [1.807, 2.05) is 48.8 Å². The topological polar surface area (TPSA) is 55.6 Å². The molecule has 26 heavy (non-hydrogen) atoms. The van der Waals surface area contributed by atoms with E-state index in [2.05, 4.69) is 48.5 Å².